The second kappa shape index (κ2) is 9.66. The number of amidine groups is 1. The number of ether oxygens (including phenoxy) is 1. The van der Waals surface area contributed by atoms with Gasteiger partial charge in [-0.15, -0.1) is 0 Å². The van der Waals surface area contributed by atoms with E-state index in [-0.39, 0.29) is 10.8 Å². The molecule has 168 valence electrons. The summed E-state index contributed by atoms with van der Waals surface area (Å²) in [5.41, 5.74) is 1.44. The minimum absolute atomic E-state index is 0.0714. The number of amides is 1. The summed E-state index contributed by atoms with van der Waals surface area (Å²) in [5.74, 6) is 1.11. The zero-order valence-electron chi connectivity index (χ0n) is 17.6. The van der Waals surface area contributed by atoms with Crippen LogP contribution in [0.4, 0.5) is 5.13 Å². The molecule has 0 spiro atoms. The van der Waals surface area contributed by atoms with Crippen molar-refractivity contribution in [1.29, 1.82) is 0 Å². The third-order valence-corrected chi connectivity index (χ3v) is 7.24. The minimum atomic E-state index is -3.50. The molecule has 0 bridgehead atoms. The number of anilines is 1. The molecule has 10 heteroatoms. The summed E-state index contributed by atoms with van der Waals surface area (Å²) in [6, 6.07) is 12.5. The lowest BCUT2D eigenvalue weighted by molar-refractivity contribution is -0.116. The van der Waals surface area contributed by atoms with Crippen LogP contribution >= 0.6 is 11.3 Å². The van der Waals surface area contributed by atoms with E-state index >= 15 is 0 Å². The molecule has 0 radical (unpaired) electrons. The molecule has 1 aliphatic rings. The Labute approximate surface area is 190 Å². The topological polar surface area (TPSA) is 110 Å². The Morgan fingerprint density at radius 1 is 1.19 bits per heavy atom. The number of carbonyl (C=O) groups is 1. The lowest BCUT2D eigenvalue weighted by Crippen LogP contribution is -2.22. The van der Waals surface area contributed by atoms with Gasteiger partial charge in [-0.3, -0.25) is 14.5 Å². The van der Waals surface area contributed by atoms with Gasteiger partial charge in [0.2, 0.25) is 5.91 Å². The van der Waals surface area contributed by atoms with Crippen molar-refractivity contribution in [3.63, 3.8) is 0 Å². The standard InChI is InChI=1S/C22H24N4O4S2/c1-2-30-15-11-12-17-18(14-15)31-22(24-17)25-20(27)10-4-3-7-13-23-21-16-8-5-6-9-19(16)32(28,29)26-21/h5-6,8-9,11-12,14H,2-4,7,10,13H2,1H3,(H,23,26)(H,24,25,27). The highest BCUT2D eigenvalue weighted by molar-refractivity contribution is 7.90. The Hall–Kier alpha value is -2.98. The number of nitrogens with one attached hydrogen (secondary N) is 2. The van der Waals surface area contributed by atoms with E-state index in [0.717, 1.165) is 35.2 Å². The van der Waals surface area contributed by atoms with Crippen molar-refractivity contribution < 1.29 is 17.9 Å². The number of unbranched alkanes of at least 4 members (excludes halogenated alkanes) is 2. The van der Waals surface area contributed by atoms with Crippen LogP contribution in [0.3, 0.4) is 0 Å². The predicted octanol–water partition coefficient (Wildman–Crippen LogP) is 3.93. The van der Waals surface area contributed by atoms with Gasteiger partial charge < -0.3 is 10.1 Å². The largest absolute Gasteiger partial charge is 0.494 e. The number of thiazole rings is 1. The van der Waals surface area contributed by atoms with Crippen molar-refractivity contribution in [3.8, 4) is 5.75 Å². The van der Waals surface area contributed by atoms with E-state index in [9.17, 15) is 13.2 Å². The van der Waals surface area contributed by atoms with E-state index in [2.05, 4.69) is 20.0 Å². The smallest absolute Gasteiger partial charge is 0.263 e. The van der Waals surface area contributed by atoms with Crippen LogP contribution in [0.15, 0.2) is 52.4 Å². The fourth-order valence-electron chi connectivity index (χ4n) is 3.41. The van der Waals surface area contributed by atoms with Crippen LogP contribution in [0.5, 0.6) is 5.75 Å². The number of sulfonamides is 1. The molecule has 0 saturated carbocycles. The summed E-state index contributed by atoms with van der Waals surface area (Å²) in [6.45, 7) is 3.03. The van der Waals surface area contributed by atoms with Gasteiger partial charge in [-0.05, 0) is 50.1 Å². The van der Waals surface area contributed by atoms with Crippen molar-refractivity contribution in [2.75, 3.05) is 18.5 Å². The number of hydrogen-bond donors (Lipinski definition) is 2. The Kier molecular flexibility index (Phi) is 6.71. The van der Waals surface area contributed by atoms with E-state index in [1.807, 2.05) is 25.1 Å². The molecule has 0 saturated heterocycles. The van der Waals surface area contributed by atoms with E-state index in [4.69, 9.17) is 4.74 Å². The second-order valence-corrected chi connectivity index (χ2v) is 9.95. The van der Waals surface area contributed by atoms with Crippen LogP contribution in [-0.4, -0.2) is 38.3 Å². The van der Waals surface area contributed by atoms with Gasteiger partial charge >= 0.3 is 0 Å². The predicted molar refractivity (Wildman–Crippen MR) is 126 cm³/mol. The van der Waals surface area contributed by atoms with Crippen LogP contribution in [-0.2, 0) is 14.8 Å². The summed E-state index contributed by atoms with van der Waals surface area (Å²) >= 11 is 1.42. The quantitative estimate of drug-likeness (QED) is 0.459. The Morgan fingerprint density at radius 3 is 2.88 bits per heavy atom. The first-order valence-electron chi connectivity index (χ1n) is 10.5. The highest BCUT2D eigenvalue weighted by Crippen LogP contribution is 2.29. The molecule has 2 aromatic carbocycles. The number of benzene rings is 2. The maximum atomic E-state index is 12.2. The van der Waals surface area contributed by atoms with E-state index < -0.39 is 10.0 Å². The molecule has 0 aliphatic carbocycles. The number of aliphatic imine (C=N–C) groups is 1. The third kappa shape index (κ3) is 5.08. The van der Waals surface area contributed by atoms with Crippen molar-refractivity contribution >= 4 is 48.5 Å². The molecule has 32 heavy (non-hydrogen) atoms. The monoisotopic (exact) mass is 472 g/mol. The van der Waals surface area contributed by atoms with Gasteiger partial charge in [-0.1, -0.05) is 29.9 Å². The van der Waals surface area contributed by atoms with Gasteiger partial charge in [0.15, 0.2) is 5.13 Å². The first kappa shape index (κ1) is 22.2. The number of nitrogens with zero attached hydrogens (tertiary/aromatic N) is 2. The fraction of sp³-hybridized carbons (Fsp3) is 0.318. The van der Waals surface area contributed by atoms with Crippen LogP contribution < -0.4 is 14.8 Å². The van der Waals surface area contributed by atoms with Crippen LogP contribution in [0.2, 0.25) is 0 Å². The molecule has 0 unspecified atom stereocenters. The lowest BCUT2D eigenvalue weighted by Gasteiger charge is -2.02. The molecule has 4 rings (SSSR count). The van der Waals surface area contributed by atoms with E-state index in [1.165, 1.54) is 11.3 Å². The maximum Gasteiger partial charge on any atom is 0.263 e. The number of rotatable bonds is 9. The molecule has 2 heterocycles. The normalized spacial score (nSPS) is 15.5. The molecule has 1 aliphatic heterocycles. The Morgan fingerprint density at radius 2 is 2.03 bits per heavy atom. The molecule has 0 atom stereocenters. The van der Waals surface area contributed by atoms with Gasteiger partial charge in [0, 0.05) is 18.5 Å². The number of hydrogen-bond acceptors (Lipinski definition) is 7. The summed E-state index contributed by atoms with van der Waals surface area (Å²) in [5, 5.41) is 3.44. The first-order valence-corrected chi connectivity index (χ1v) is 12.8. The SMILES string of the molecule is CCOc1ccc2nc(NC(=O)CCCCCN=C3NS(=O)(=O)c4ccccc43)sc2c1. The first-order chi connectivity index (χ1) is 15.5. The molecular weight excluding hydrogens is 448 g/mol. The van der Waals surface area contributed by atoms with Crippen LogP contribution in [0.1, 0.15) is 38.2 Å². The molecular formula is C22H24N4O4S2. The minimum Gasteiger partial charge on any atom is -0.494 e. The number of fused-ring (bicyclic) bond motifs is 2. The van der Waals surface area contributed by atoms with Gasteiger partial charge in [-0.25, -0.2) is 13.4 Å². The summed E-state index contributed by atoms with van der Waals surface area (Å²) in [4.78, 5) is 21.3. The average molecular weight is 473 g/mol. The summed E-state index contributed by atoms with van der Waals surface area (Å²) in [6.07, 6.45) is 2.70. The zero-order chi connectivity index (χ0) is 22.6. The Balaban J connectivity index is 1.21. The van der Waals surface area contributed by atoms with Gasteiger partial charge in [0.05, 0.1) is 21.7 Å². The van der Waals surface area contributed by atoms with Crippen LogP contribution in [0.25, 0.3) is 10.2 Å². The third-order valence-electron chi connectivity index (χ3n) is 4.91. The molecule has 3 aromatic rings. The van der Waals surface area contributed by atoms with Crippen molar-refractivity contribution in [3.05, 3.63) is 48.0 Å². The zero-order valence-corrected chi connectivity index (χ0v) is 19.3. The molecule has 8 nitrogen and oxygen atoms in total. The number of aromatic nitrogens is 1. The van der Waals surface area contributed by atoms with Gasteiger partial charge in [0.1, 0.15) is 11.6 Å². The lowest BCUT2D eigenvalue weighted by atomic mass is 10.2. The highest BCUT2D eigenvalue weighted by Gasteiger charge is 2.29. The molecule has 1 aromatic heterocycles. The van der Waals surface area contributed by atoms with E-state index in [1.54, 1.807) is 24.3 Å². The maximum absolute atomic E-state index is 12.2. The van der Waals surface area contributed by atoms with Gasteiger partial charge in [-0.2, -0.15) is 0 Å². The van der Waals surface area contributed by atoms with Crippen molar-refractivity contribution in [2.45, 2.75) is 37.5 Å². The van der Waals surface area contributed by atoms with Crippen molar-refractivity contribution in [2.24, 2.45) is 4.99 Å². The van der Waals surface area contributed by atoms with E-state index in [0.29, 0.717) is 36.1 Å². The molecule has 2 N–H and O–H groups in total. The molecule has 1 amide bonds. The number of carbonyl (C=O) groups excluding carboxylic acids is 1. The summed E-state index contributed by atoms with van der Waals surface area (Å²) < 4.78 is 33.1. The fourth-order valence-corrected chi connectivity index (χ4v) is 5.57. The second-order valence-electron chi connectivity index (χ2n) is 7.27. The van der Waals surface area contributed by atoms with Gasteiger partial charge in [0.25, 0.3) is 10.0 Å². The molecule has 0 fully saturated rings. The van der Waals surface area contributed by atoms with Crippen LogP contribution in [0, 0.1) is 0 Å². The Bertz CT molecular complexity index is 1270. The highest BCUT2D eigenvalue weighted by atomic mass is 32.2. The summed E-state index contributed by atoms with van der Waals surface area (Å²) in [7, 11) is -3.50. The average Bonchev–Trinajstić information content (AvgIpc) is 3.28. The van der Waals surface area contributed by atoms with Crippen molar-refractivity contribution in [1.82, 2.24) is 9.71 Å².